The van der Waals surface area contributed by atoms with Crippen molar-refractivity contribution in [2.45, 2.75) is 39.7 Å². The third-order valence-corrected chi connectivity index (χ3v) is 2.53. The van der Waals surface area contributed by atoms with Gasteiger partial charge in [-0.1, -0.05) is 27.2 Å². The van der Waals surface area contributed by atoms with Crippen LogP contribution in [0.5, 0.6) is 0 Å². The van der Waals surface area contributed by atoms with Crippen molar-refractivity contribution in [3.8, 4) is 0 Å². The fourth-order valence-electron chi connectivity index (χ4n) is 1.84. The molecule has 1 aliphatic heterocycles. The molecule has 1 rings (SSSR count). The summed E-state index contributed by atoms with van der Waals surface area (Å²) in [7, 11) is 0. The number of nitrogens with one attached hydrogen (secondary N) is 1. The van der Waals surface area contributed by atoms with Crippen molar-refractivity contribution in [1.82, 2.24) is 5.32 Å². The lowest BCUT2D eigenvalue weighted by molar-refractivity contribution is -0.119. The molecular formula is C9H17NO. The van der Waals surface area contributed by atoms with Gasteiger partial charge in [0, 0.05) is 12.5 Å². The lowest BCUT2D eigenvalue weighted by Crippen LogP contribution is -2.33. The highest BCUT2D eigenvalue weighted by molar-refractivity contribution is 5.79. The van der Waals surface area contributed by atoms with E-state index in [2.05, 4.69) is 26.1 Å². The molecule has 1 amide bonds. The predicted octanol–water partition coefficient (Wildman–Crippen LogP) is 1.56. The van der Waals surface area contributed by atoms with Crippen LogP contribution in [-0.4, -0.2) is 11.9 Å². The van der Waals surface area contributed by atoms with Crippen LogP contribution in [0.2, 0.25) is 0 Å². The number of hydrogen-bond acceptors (Lipinski definition) is 1. The van der Waals surface area contributed by atoms with Gasteiger partial charge >= 0.3 is 0 Å². The van der Waals surface area contributed by atoms with Gasteiger partial charge in [-0.15, -0.1) is 0 Å². The summed E-state index contributed by atoms with van der Waals surface area (Å²) in [5.41, 5.74) is 0. The van der Waals surface area contributed by atoms with Crippen LogP contribution < -0.4 is 5.32 Å². The monoisotopic (exact) mass is 155 g/mol. The highest BCUT2D eigenvalue weighted by atomic mass is 16.2. The Balaban J connectivity index is 2.57. The molecule has 1 fully saturated rings. The van der Waals surface area contributed by atoms with E-state index in [1.807, 2.05) is 0 Å². The van der Waals surface area contributed by atoms with Crippen LogP contribution in [0.15, 0.2) is 0 Å². The summed E-state index contributed by atoms with van der Waals surface area (Å²) in [5, 5.41) is 3.02. The molecule has 0 radical (unpaired) electrons. The Bertz CT molecular complexity index is 154. The van der Waals surface area contributed by atoms with E-state index in [1.54, 1.807) is 0 Å². The van der Waals surface area contributed by atoms with Gasteiger partial charge < -0.3 is 5.32 Å². The van der Waals surface area contributed by atoms with Gasteiger partial charge in [0.2, 0.25) is 5.91 Å². The molecule has 0 saturated carbocycles. The molecular weight excluding hydrogens is 138 g/mol. The zero-order chi connectivity index (χ0) is 8.43. The third-order valence-electron chi connectivity index (χ3n) is 2.53. The molecule has 0 aromatic rings. The van der Waals surface area contributed by atoms with Gasteiger partial charge in [-0.05, 0) is 11.8 Å². The van der Waals surface area contributed by atoms with E-state index < -0.39 is 0 Å². The van der Waals surface area contributed by atoms with Crippen LogP contribution >= 0.6 is 0 Å². The second-order valence-corrected chi connectivity index (χ2v) is 3.71. The number of amides is 1. The fraction of sp³-hybridized carbons (Fsp3) is 0.889. The lowest BCUT2D eigenvalue weighted by atomic mass is 9.90. The van der Waals surface area contributed by atoms with Gasteiger partial charge in [-0.3, -0.25) is 4.79 Å². The largest absolute Gasteiger partial charge is 0.353 e. The molecule has 2 nitrogen and oxygen atoms in total. The quantitative estimate of drug-likeness (QED) is 0.644. The summed E-state index contributed by atoms with van der Waals surface area (Å²) in [6.07, 6.45) is 1.85. The Kier molecular flexibility index (Phi) is 2.53. The Morgan fingerprint density at radius 3 is 2.64 bits per heavy atom. The molecule has 0 bridgehead atoms. The molecule has 0 aromatic heterocycles. The minimum atomic E-state index is 0.232. The smallest absolute Gasteiger partial charge is 0.220 e. The molecule has 2 unspecified atom stereocenters. The number of hydrogen-bond donors (Lipinski definition) is 1. The molecule has 0 aliphatic carbocycles. The first kappa shape index (κ1) is 8.57. The summed E-state index contributed by atoms with van der Waals surface area (Å²) in [5.74, 6) is 1.38. The van der Waals surface area contributed by atoms with E-state index in [-0.39, 0.29) is 5.91 Å². The second kappa shape index (κ2) is 3.24. The summed E-state index contributed by atoms with van der Waals surface area (Å²) in [6, 6.07) is 0.424. The van der Waals surface area contributed by atoms with Gasteiger partial charge in [0.15, 0.2) is 0 Å². The first-order chi connectivity index (χ1) is 5.15. The number of carbonyl (C=O) groups excluding carboxylic acids is 1. The van der Waals surface area contributed by atoms with Gasteiger partial charge in [0.05, 0.1) is 0 Å². The van der Waals surface area contributed by atoms with Crippen LogP contribution in [0.1, 0.15) is 33.6 Å². The average molecular weight is 155 g/mol. The van der Waals surface area contributed by atoms with Gasteiger partial charge in [-0.25, -0.2) is 0 Å². The third kappa shape index (κ3) is 1.73. The molecule has 0 spiro atoms. The SMILES string of the molecule is CCC1CC(=O)NC1C(C)C. The lowest BCUT2D eigenvalue weighted by Gasteiger charge is -2.20. The summed E-state index contributed by atoms with van der Waals surface area (Å²) in [4.78, 5) is 11.0. The summed E-state index contributed by atoms with van der Waals surface area (Å²) in [6.45, 7) is 6.48. The molecule has 1 saturated heterocycles. The van der Waals surface area contributed by atoms with E-state index >= 15 is 0 Å². The predicted molar refractivity (Wildman–Crippen MR) is 45.2 cm³/mol. The van der Waals surface area contributed by atoms with Crippen molar-refractivity contribution in [2.24, 2.45) is 11.8 Å². The molecule has 2 heteroatoms. The number of carbonyl (C=O) groups is 1. The fourth-order valence-corrected chi connectivity index (χ4v) is 1.84. The highest BCUT2D eigenvalue weighted by Crippen LogP contribution is 2.24. The second-order valence-electron chi connectivity index (χ2n) is 3.71. The van der Waals surface area contributed by atoms with E-state index in [1.165, 1.54) is 0 Å². The Hall–Kier alpha value is -0.530. The van der Waals surface area contributed by atoms with E-state index in [0.29, 0.717) is 17.9 Å². The van der Waals surface area contributed by atoms with Crippen molar-refractivity contribution in [3.63, 3.8) is 0 Å². The zero-order valence-corrected chi connectivity index (χ0v) is 7.55. The van der Waals surface area contributed by atoms with Crippen molar-refractivity contribution in [1.29, 1.82) is 0 Å². The molecule has 64 valence electrons. The van der Waals surface area contributed by atoms with Crippen LogP contribution in [0.4, 0.5) is 0 Å². The van der Waals surface area contributed by atoms with Crippen LogP contribution in [-0.2, 0) is 4.79 Å². The molecule has 0 aromatic carbocycles. The van der Waals surface area contributed by atoms with Crippen LogP contribution in [0, 0.1) is 11.8 Å². The maximum Gasteiger partial charge on any atom is 0.220 e. The van der Waals surface area contributed by atoms with Crippen molar-refractivity contribution < 1.29 is 4.79 Å². The Labute approximate surface area is 68.4 Å². The van der Waals surface area contributed by atoms with Gasteiger partial charge in [0.1, 0.15) is 0 Å². The average Bonchev–Trinajstić information content (AvgIpc) is 2.30. The highest BCUT2D eigenvalue weighted by Gasteiger charge is 2.32. The van der Waals surface area contributed by atoms with Crippen LogP contribution in [0.3, 0.4) is 0 Å². The minimum Gasteiger partial charge on any atom is -0.353 e. The topological polar surface area (TPSA) is 29.1 Å². The maximum absolute atomic E-state index is 11.0. The van der Waals surface area contributed by atoms with E-state index in [4.69, 9.17) is 0 Å². The molecule has 1 N–H and O–H groups in total. The van der Waals surface area contributed by atoms with E-state index in [9.17, 15) is 4.79 Å². The zero-order valence-electron chi connectivity index (χ0n) is 7.55. The molecule has 1 aliphatic rings. The Morgan fingerprint density at radius 1 is 1.64 bits per heavy atom. The van der Waals surface area contributed by atoms with E-state index in [0.717, 1.165) is 12.8 Å². The maximum atomic E-state index is 11.0. The Morgan fingerprint density at radius 2 is 2.27 bits per heavy atom. The van der Waals surface area contributed by atoms with Gasteiger partial charge in [-0.2, -0.15) is 0 Å². The standard InChI is InChI=1S/C9H17NO/c1-4-7-5-8(11)10-9(7)6(2)3/h6-7,9H,4-5H2,1-3H3,(H,10,11). The molecule has 11 heavy (non-hydrogen) atoms. The summed E-state index contributed by atoms with van der Waals surface area (Å²) >= 11 is 0. The molecule has 2 atom stereocenters. The minimum absolute atomic E-state index is 0.232. The first-order valence-corrected chi connectivity index (χ1v) is 4.44. The van der Waals surface area contributed by atoms with Crippen molar-refractivity contribution in [2.75, 3.05) is 0 Å². The van der Waals surface area contributed by atoms with Gasteiger partial charge in [0.25, 0.3) is 0 Å². The van der Waals surface area contributed by atoms with Crippen molar-refractivity contribution >= 4 is 5.91 Å². The summed E-state index contributed by atoms with van der Waals surface area (Å²) < 4.78 is 0. The molecule has 1 heterocycles. The normalized spacial score (nSPS) is 31.1. The first-order valence-electron chi connectivity index (χ1n) is 4.44. The number of rotatable bonds is 2. The van der Waals surface area contributed by atoms with Crippen molar-refractivity contribution in [3.05, 3.63) is 0 Å². The van der Waals surface area contributed by atoms with Crippen LogP contribution in [0.25, 0.3) is 0 Å².